The molecule has 0 unspecified atom stereocenters. The molecule has 128 valence electrons. The molecule has 0 radical (unpaired) electrons. The Labute approximate surface area is 150 Å². The Bertz CT molecular complexity index is 863. The summed E-state index contributed by atoms with van der Waals surface area (Å²) in [5, 5.41) is 11.2. The van der Waals surface area contributed by atoms with Gasteiger partial charge in [-0.15, -0.1) is 10.2 Å². The van der Waals surface area contributed by atoms with Gasteiger partial charge in [-0.1, -0.05) is 49.4 Å². The van der Waals surface area contributed by atoms with E-state index in [1.807, 2.05) is 54.2 Å². The first-order valence-corrected chi connectivity index (χ1v) is 9.38. The van der Waals surface area contributed by atoms with Crippen LogP contribution in [0.3, 0.4) is 0 Å². The summed E-state index contributed by atoms with van der Waals surface area (Å²) in [6.45, 7) is 2.19. The molecular formula is C19H20N4OS. The van der Waals surface area contributed by atoms with Crippen LogP contribution in [0.15, 0.2) is 59.4 Å². The summed E-state index contributed by atoms with van der Waals surface area (Å²) < 4.78 is 0. The summed E-state index contributed by atoms with van der Waals surface area (Å²) in [6.07, 6.45) is 1.19. The predicted octanol–water partition coefficient (Wildman–Crippen LogP) is 4.22. The van der Waals surface area contributed by atoms with Crippen molar-refractivity contribution in [2.45, 2.75) is 19.1 Å². The van der Waals surface area contributed by atoms with Gasteiger partial charge in [0, 0.05) is 17.0 Å². The van der Waals surface area contributed by atoms with E-state index in [1.54, 1.807) is 0 Å². The molecule has 0 saturated heterocycles. The van der Waals surface area contributed by atoms with Crippen LogP contribution in [0.4, 0.5) is 11.6 Å². The Morgan fingerprint density at radius 1 is 1.04 bits per heavy atom. The van der Waals surface area contributed by atoms with Gasteiger partial charge >= 0.3 is 0 Å². The number of nitrogens with one attached hydrogen (secondary N) is 2. The highest BCUT2D eigenvalue weighted by Crippen LogP contribution is 2.18. The number of benzene rings is 2. The Kier molecular flexibility index (Phi) is 5.85. The third kappa shape index (κ3) is 4.70. The van der Waals surface area contributed by atoms with Crippen molar-refractivity contribution in [2.75, 3.05) is 11.1 Å². The molecule has 3 rings (SSSR count). The second-order valence-corrected chi connectivity index (χ2v) is 6.70. The molecule has 1 heterocycles. The van der Waals surface area contributed by atoms with Gasteiger partial charge in [0.15, 0.2) is 5.69 Å². The van der Waals surface area contributed by atoms with E-state index >= 15 is 0 Å². The predicted molar refractivity (Wildman–Crippen MR) is 104 cm³/mol. The van der Waals surface area contributed by atoms with Crippen LogP contribution >= 0.6 is 11.8 Å². The van der Waals surface area contributed by atoms with E-state index < -0.39 is 0 Å². The summed E-state index contributed by atoms with van der Waals surface area (Å²) in [5.74, 6) is 2.51. The lowest BCUT2D eigenvalue weighted by molar-refractivity contribution is 0.962. The third-order valence-electron chi connectivity index (χ3n) is 3.58. The number of aromatic nitrogens is 3. The zero-order valence-electron chi connectivity index (χ0n) is 14.0. The van der Waals surface area contributed by atoms with Crippen LogP contribution in [0.1, 0.15) is 18.9 Å². The molecule has 1 aromatic heterocycles. The van der Waals surface area contributed by atoms with Gasteiger partial charge in [0.25, 0.3) is 5.56 Å². The van der Waals surface area contributed by atoms with Crippen molar-refractivity contribution in [1.82, 2.24) is 15.2 Å². The average molecular weight is 352 g/mol. The fourth-order valence-corrected chi connectivity index (χ4v) is 3.19. The molecule has 3 aromatic rings. The van der Waals surface area contributed by atoms with E-state index in [4.69, 9.17) is 0 Å². The van der Waals surface area contributed by atoms with E-state index in [9.17, 15) is 4.79 Å². The van der Waals surface area contributed by atoms with Crippen LogP contribution < -0.4 is 10.9 Å². The summed E-state index contributed by atoms with van der Waals surface area (Å²) in [7, 11) is 0. The summed E-state index contributed by atoms with van der Waals surface area (Å²) in [5.41, 5.74) is 2.94. The molecule has 25 heavy (non-hydrogen) atoms. The van der Waals surface area contributed by atoms with Gasteiger partial charge in [-0.3, -0.25) is 9.78 Å². The van der Waals surface area contributed by atoms with Crippen LogP contribution in [0.5, 0.6) is 0 Å². The Morgan fingerprint density at radius 2 is 1.80 bits per heavy atom. The van der Waals surface area contributed by atoms with Crippen molar-refractivity contribution in [3.05, 3.63) is 70.5 Å². The highest BCUT2D eigenvalue weighted by atomic mass is 32.2. The molecule has 0 aliphatic carbocycles. The molecule has 0 amide bonds. The zero-order chi connectivity index (χ0) is 17.5. The van der Waals surface area contributed by atoms with Gasteiger partial charge in [0.2, 0.25) is 5.95 Å². The number of thioether (sulfide) groups is 1. The first-order valence-electron chi connectivity index (χ1n) is 8.22. The molecule has 2 N–H and O–H groups in total. The molecule has 2 aromatic carbocycles. The second-order valence-electron chi connectivity index (χ2n) is 5.59. The minimum atomic E-state index is -0.267. The molecule has 0 spiro atoms. The fraction of sp³-hybridized carbons (Fsp3) is 0.211. The second kappa shape index (κ2) is 8.48. The largest absolute Gasteiger partial charge is 0.324 e. The van der Waals surface area contributed by atoms with Gasteiger partial charge < -0.3 is 5.32 Å². The molecule has 0 bridgehead atoms. The van der Waals surface area contributed by atoms with Crippen molar-refractivity contribution in [1.29, 1.82) is 0 Å². The van der Waals surface area contributed by atoms with Crippen molar-refractivity contribution in [3.8, 4) is 11.3 Å². The fourth-order valence-electron chi connectivity index (χ4n) is 2.33. The number of hydrogen-bond acceptors (Lipinski definition) is 5. The highest BCUT2D eigenvalue weighted by Gasteiger charge is 2.07. The number of nitrogens with zero attached hydrogens (tertiary/aromatic N) is 2. The van der Waals surface area contributed by atoms with E-state index in [0.717, 1.165) is 17.0 Å². The topological polar surface area (TPSA) is 70.7 Å². The minimum Gasteiger partial charge on any atom is -0.324 e. The molecular weight excluding hydrogens is 332 g/mol. The lowest BCUT2D eigenvalue weighted by Crippen LogP contribution is -2.15. The molecule has 5 nitrogen and oxygen atoms in total. The lowest BCUT2D eigenvalue weighted by atomic mass is 10.2. The first-order chi connectivity index (χ1) is 12.3. The van der Waals surface area contributed by atoms with Crippen LogP contribution in [-0.2, 0) is 5.75 Å². The van der Waals surface area contributed by atoms with Crippen LogP contribution in [0, 0.1) is 0 Å². The Hall–Kier alpha value is -2.60. The Morgan fingerprint density at radius 3 is 2.48 bits per heavy atom. The molecule has 0 aliphatic rings. The van der Waals surface area contributed by atoms with Crippen molar-refractivity contribution < 1.29 is 0 Å². The van der Waals surface area contributed by atoms with Crippen molar-refractivity contribution in [2.24, 2.45) is 0 Å². The van der Waals surface area contributed by atoms with Crippen LogP contribution in [0.2, 0.25) is 0 Å². The van der Waals surface area contributed by atoms with Crippen LogP contribution in [-0.4, -0.2) is 20.9 Å². The SMILES string of the molecule is CCCSCc1ccc(Nc2nnc(-c3ccccc3)c(=O)[nH]2)cc1. The molecule has 0 aliphatic heterocycles. The van der Waals surface area contributed by atoms with Gasteiger partial charge in [-0.05, 0) is 29.9 Å². The maximum atomic E-state index is 12.2. The maximum absolute atomic E-state index is 12.2. The monoisotopic (exact) mass is 352 g/mol. The number of H-pyrrole nitrogens is 1. The first kappa shape index (κ1) is 17.2. The van der Waals surface area contributed by atoms with E-state index in [1.165, 1.54) is 17.7 Å². The molecule has 0 saturated carbocycles. The molecule has 6 heteroatoms. The molecule has 0 fully saturated rings. The number of anilines is 2. The minimum absolute atomic E-state index is 0.267. The smallest absolute Gasteiger partial charge is 0.279 e. The summed E-state index contributed by atoms with van der Waals surface area (Å²) in [6, 6.07) is 17.4. The van der Waals surface area contributed by atoms with E-state index in [-0.39, 0.29) is 5.56 Å². The number of rotatable bonds is 7. The quantitative estimate of drug-likeness (QED) is 0.623. The van der Waals surface area contributed by atoms with Gasteiger partial charge in [0.1, 0.15) is 0 Å². The van der Waals surface area contributed by atoms with Crippen molar-refractivity contribution >= 4 is 23.4 Å². The highest BCUT2D eigenvalue weighted by molar-refractivity contribution is 7.98. The average Bonchev–Trinajstić information content (AvgIpc) is 2.64. The maximum Gasteiger partial charge on any atom is 0.279 e. The lowest BCUT2D eigenvalue weighted by Gasteiger charge is -2.07. The number of aromatic amines is 1. The van der Waals surface area contributed by atoms with Crippen molar-refractivity contribution in [3.63, 3.8) is 0 Å². The standard InChI is InChI=1S/C19H20N4OS/c1-2-12-25-13-14-8-10-16(11-9-14)20-19-21-18(24)17(22-23-19)15-6-4-3-5-7-15/h3-11H,2,12-13H2,1H3,(H2,20,21,23,24). The molecule has 0 atom stereocenters. The third-order valence-corrected chi connectivity index (χ3v) is 4.81. The Balaban J connectivity index is 1.69. The van der Waals surface area contributed by atoms with Gasteiger partial charge in [0.05, 0.1) is 0 Å². The van der Waals surface area contributed by atoms with E-state index in [2.05, 4.69) is 39.6 Å². The van der Waals surface area contributed by atoms with E-state index in [0.29, 0.717) is 11.6 Å². The zero-order valence-corrected chi connectivity index (χ0v) is 14.8. The van der Waals surface area contributed by atoms with Crippen LogP contribution in [0.25, 0.3) is 11.3 Å². The number of hydrogen-bond donors (Lipinski definition) is 2. The summed E-state index contributed by atoms with van der Waals surface area (Å²) >= 11 is 1.93. The van der Waals surface area contributed by atoms with Gasteiger partial charge in [-0.25, -0.2) is 0 Å². The summed E-state index contributed by atoms with van der Waals surface area (Å²) in [4.78, 5) is 15.0. The normalized spacial score (nSPS) is 10.6. The van der Waals surface area contributed by atoms with Gasteiger partial charge in [-0.2, -0.15) is 11.8 Å².